The molecule has 0 unspecified atom stereocenters. The lowest BCUT2D eigenvalue weighted by atomic mass is 10.3. The van der Waals surface area contributed by atoms with E-state index in [2.05, 4.69) is 9.97 Å². The van der Waals surface area contributed by atoms with Crippen molar-refractivity contribution in [3.8, 4) is 5.75 Å². The zero-order chi connectivity index (χ0) is 14.1. The van der Waals surface area contributed by atoms with Crippen LogP contribution in [0.25, 0.3) is 10.2 Å². The van der Waals surface area contributed by atoms with Gasteiger partial charge < -0.3 is 4.74 Å². The van der Waals surface area contributed by atoms with E-state index in [-0.39, 0.29) is 6.61 Å². The highest BCUT2D eigenvalue weighted by Gasteiger charge is 2.09. The summed E-state index contributed by atoms with van der Waals surface area (Å²) in [6, 6.07) is 6.92. The molecule has 0 saturated heterocycles. The first-order valence-electron chi connectivity index (χ1n) is 5.61. The molecule has 0 aliphatic rings. The van der Waals surface area contributed by atoms with E-state index in [9.17, 15) is 0 Å². The molecule has 20 heavy (non-hydrogen) atoms. The first-order valence-corrected chi connectivity index (χ1v) is 7.62. The van der Waals surface area contributed by atoms with Gasteiger partial charge in [0.25, 0.3) is 0 Å². The SMILES string of the molecule is Clc1ccc(OCc2nc(Cl)c3ccsc3n2)c(Cl)c1. The summed E-state index contributed by atoms with van der Waals surface area (Å²) in [5.41, 5.74) is 0. The Morgan fingerprint density at radius 3 is 2.75 bits per heavy atom. The Morgan fingerprint density at radius 1 is 1.10 bits per heavy atom. The molecule has 0 radical (unpaired) electrons. The van der Waals surface area contributed by atoms with Gasteiger partial charge in [0.05, 0.1) is 5.02 Å². The van der Waals surface area contributed by atoms with Gasteiger partial charge in [0.2, 0.25) is 0 Å². The number of fused-ring (bicyclic) bond motifs is 1. The molecular weight excluding hydrogens is 339 g/mol. The Kier molecular flexibility index (Phi) is 3.98. The molecule has 0 bridgehead atoms. The summed E-state index contributed by atoms with van der Waals surface area (Å²) in [6.07, 6.45) is 0. The van der Waals surface area contributed by atoms with Gasteiger partial charge in [0.1, 0.15) is 22.3 Å². The van der Waals surface area contributed by atoms with Crippen LogP contribution in [-0.4, -0.2) is 9.97 Å². The fourth-order valence-electron chi connectivity index (χ4n) is 1.66. The molecule has 3 nitrogen and oxygen atoms in total. The van der Waals surface area contributed by atoms with Crippen LogP contribution >= 0.6 is 46.1 Å². The molecule has 3 aromatic rings. The van der Waals surface area contributed by atoms with Crippen LogP contribution in [-0.2, 0) is 6.61 Å². The van der Waals surface area contributed by atoms with Crippen LogP contribution in [0.2, 0.25) is 15.2 Å². The zero-order valence-electron chi connectivity index (χ0n) is 9.94. The summed E-state index contributed by atoms with van der Waals surface area (Å²) < 4.78 is 5.59. The van der Waals surface area contributed by atoms with Crippen molar-refractivity contribution in [1.29, 1.82) is 0 Å². The summed E-state index contributed by atoms with van der Waals surface area (Å²) in [7, 11) is 0. The number of hydrogen-bond donors (Lipinski definition) is 0. The third kappa shape index (κ3) is 2.83. The molecule has 2 heterocycles. The topological polar surface area (TPSA) is 35.0 Å². The number of hydrogen-bond acceptors (Lipinski definition) is 4. The van der Waals surface area contributed by atoms with Gasteiger partial charge in [-0.25, -0.2) is 9.97 Å². The number of aromatic nitrogens is 2. The Balaban J connectivity index is 1.82. The van der Waals surface area contributed by atoms with Gasteiger partial charge in [0, 0.05) is 10.4 Å². The molecule has 2 aromatic heterocycles. The molecule has 0 spiro atoms. The van der Waals surface area contributed by atoms with Crippen LogP contribution in [0.3, 0.4) is 0 Å². The number of halogens is 3. The fraction of sp³-hybridized carbons (Fsp3) is 0.0769. The first kappa shape index (κ1) is 13.9. The maximum absolute atomic E-state index is 6.09. The smallest absolute Gasteiger partial charge is 0.169 e. The van der Waals surface area contributed by atoms with E-state index in [1.165, 1.54) is 11.3 Å². The van der Waals surface area contributed by atoms with E-state index < -0.39 is 0 Å². The monoisotopic (exact) mass is 344 g/mol. The molecule has 0 aliphatic heterocycles. The normalized spacial score (nSPS) is 10.9. The Bertz CT molecular complexity index is 775. The quantitative estimate of drug-likeness (QED) is 0.610. The lowest BCUT2D eigenvalue weighted by molar-refractivity contribution is 0.296. The van der Waals surface area contributed by atoms with Gasteiger partial charge in [-0.3, -0.25) is 0 Å². The summed E-state index contributed by atoms with van der Waals surface area (Å²) in [5.74, 6) is 1.04. The minimum absolute atomic E-state index is 0.189. The maximum atomic E-state index is 6.09. The van der Waals surface area contributed by atoms with E-state index in [0.717, 1.165) is 10.2 Å². The summed E-state index contributed by atoms with van der Waals surface area (Å²) in [4.78, 5) is 9.43. The van der Waals surface area contributed by atoms with Crippen molar-refractivity contribution in [3.63, 3.8) is 0 Å². The van der Waals surface area contributed by atoms with Gasteiger partial charge in [-0.2, -0.15) is 0 Å². The standard InChI is InChI=1S/C13H7Cl3N2OS/c14-7-1-2-10(9(15)5-7)19-6-11-17-12(16)8-3-4-20-13(8)18-11/h1-5H,6H2. The molecule has 0 saturated carbocycles. The zero-order valence-corrected chi connectivity index (χ0v) is 13.0. The predicted molar refractivity (Wildman–Crippen MR) is 83.2 cm³/mol. The lowest BCUT2D eigenvalue weighted by Gasteiger charge is -2.07. The van der Waals surface area contributed by atoms with Gasteiger partial charge in [0.15, 0.2) is 5.82 Å². The average Bonchev–Trinajstić information content (AvgIpc) is 2.86. The molecular formula is C13H7Cl3N2OS. The highest BCUT2D eigenvalue weighted by Crippen LogP contribution is 2.29. The van der Waals surface area contributed by atoms with E-state index in [0.29, 0.717) is 26.8 Å². The van der Waals surface area contributed by atoms with Gasteiger partial charge in [-0.15, -0.1) is 11.3 Å². The minimum atomic E-state index is 0.189. The van der Waals surface area contributed by atoms with E-state index in [1.54, 1.807) is 18.2 Å². The lowest BCUT2D eigenvalue weighted by Crippen LogP contribution is -2.02. The Hall–Kier alpha value is -1.07. The second-order valence-electron chi connectivity index (χ2n) is 3.93. The van der Waals surface area contributed by atoms with Gasteiger partial charge >= 0.3 is 0 Å². The first-order chi connectivity index (χ1) is 9.63. The van der Waals surface area contributed by atoms with Gasteiger partial charge in [-0.1, -0.05) is 34.8 Å². The second kappa shape index (κ2) is 5.74. The Labute approximate surface area is 134 Å². The molecule has 0 atom stereocenters. The van der Waals surface area contributed by atoms with E-state index in [4.69, 9.17) is 39.5 Å². The van der Waals surface area contributed by atoms with Crippen molar-refractivity contribution in [2.24, 2.45) is 0 Å². The van der Waals surface area contributed by atoms with Gasteiger partial charge in [-0.05, 0) is 29.6 Å². The number of nitrogens with zero attached hydrogens (tertiary/aromatic N) is 2. The third-order valence-electron chi connectivity index (χ3n) is 2.58. The Morgan fingerprint density at radius 2 is 1.95 bits per heavy atom. The van der Waals surface area contributed by atoms with Crippen LogP contribution in [0.15, 0.2) is 29.6 Å². The summed E-state index contributed by atoms with van der Waals surface area (Å²) in [5, 5.41) is 4.20. The van der Waals surface area contributed by atoms with Crippen LogP contribution in [0, 0.1) is 0 Å². The number of rotatable bonds is 3. The molecule has 1 aromatic carbocycles. The third-order valence-corrected chi connectivity index (χ3v) is 4.20. The van der Waals surface area contributed by atoms with Crippen molar-refractivity contribution < 1.29 is 4.74 Å². The number of ether oxygens (including phenoxy) is 1. The van der Waals surface area contributed by atoms with Crippen LogP contribution in [0.4, 0.5) is 0 Å². The largest absolute Gasteiger partial charge is 0.484 e. The molecule has 7 heteroatoms. The molecule has 0 amide bonds. The van der Waals surface area contributed by atoms with Crippen molar-refractivity contribution in [2.75, 3.05) is 0 Å². The van der Waals surface area contributed by atoms with Crippen molar-refractivity contribution in [1.82, 2.24) is 9.97 Å². The predicted octanol–water partition coefficient (Wildman–Crippen LogP) is 5.23. The average molecular weight is 346 g/mol. The van der Waals surface area contributed by atoms with Crippen molar-refractivity contribution in [2.45, 2.75) is 6.61 Å². The van der Waals surface area contributed by atoms with Crippen LogP contribution in [0.5, 0.6) is 5.75 Å². The summed E-state index contributed by atoms with van der Waals surface area (Å²) >= 11 is 19.5. The highest BCUT2D eigenvalue weighted by atomic mass is 35.5. The molecule has 102 valence electrons. The van der Waals surface area contributed by atoms with Crippen LogP contribution < -0.4 is 4.74 Å². The van der Waals surface area contributed by atoms with Crippen molar-refractivity contribution >= 4 is 56.4 Å². The maximum Gasteiger partial charge on any atom is 0.169 e. The minimum Gasteiger partial charge on any atom is -0.484 e. The second-order valence-corrected chi connectivity index (χ2v) is 6.03. The molecule has 0 aliphatic carbocycles. The van der Waals surface area contributed by atoms with Crippen LogP contribution in [0.1, 0.15) is 5.82 Å². The molecule has 3 rings (SSSR count). The van der Waals surface area contributed by atoms with Crippen molar-refractivity contribution in [3.05, 3.63) is 50.7 Å². The number of thiophene rings is 1. The number of benzene rings is 1. The summed E-state index contributed by atoms with van der Waals surface area (Å²) in [6.45, 7) is 0.189. The van der Waals surface area contributed by atoms with E-state index >= 15 is 0 Å². The molecule has 0 fully saturated rings. The van der Waals surface area contributed by atoms with E-state index in [1.807, 2.05) is 11.4 Å². The fourth-order valence-corrected chi connectivity index (χ4v) is 3.21. The molecule has 0 N–H and O–H groups in total. The highest BCUT2D eigenvalue weighted by molar-refractivity contribution is 7.16.